The molecule has 0 spiro atoms. The molecule has 1 aromatic heterocycles. The topological polar surface area (TPSA) is 269 Å². The molecule has 4 unspecified atom stereocenters. The molecule has 2 aliphatic heterocycles. The van der Waals surface area contributed by atoms with Crippen molar-refractivity contribution in [3.8, 4) is 40.1 Å². The van der Waals surface area contributed by atoms with Gasteiger partial charge in [0.25, 0.3) is 0 Å². The summed E-state index contributed by atoms with van der Waals surface area (Å²) >= 11 is 0. The summed E-state index contributed by atoms with van der Waals surface area (Å²) in [5.41, 5.74) is -1.32. The SMILES string of the molecule is CC1O[C@@H](OCC2O[C@@H](Oc3c(-c4ccc(O)cc4)oc4cc(O)c(O)c(O)c4c3=O)C(O)[C@@H](O)[C@@H]2O)[C@@H](O)C(O)[C@H]1O. The maximum absolute atomic E-state index is 13.6. The Kier molecular flexibility index (Phi) is 8.41. The van der Waals surface area contributed by atoms with Gasteiger partial charge in [-0.1, -0.05) is 0 Å². The van der Waals surface area contributed by atoms with Crippen molar-refractivity contribution in [1.29, 1.82) is 0 Å². The Morgan fingerprint density at radius 2 is 1.40 bits per heavy atom. The number of fused-ring (bicyclic) bond motifs is 1. The van der Waals surface area contributed by atoms with Gasteiger partial charge in [0, 0.05) is 11.6 Å². The molecule has 43 heavy (non-hydrogen) atoms. The highest BCUT2D eigenvalue weighted by atomic mass is 16.7. The van der Waals surface area contributed by atoms with Crippen LogP contribution >= 0.6 is 0 Å². The van der Waals surface area contributed by atoms with Crippen molar-refractivity contribution in [3.05, 3.63) is 40.6 Å². The van der Waals surface area contributed by atoms with Crippen LogP contribution < -0.4 is 10.2 Å². The van der Waals surface area contributed by atoms with Gasteiger partial charge in [-0.2, -0.15) is 0 Å². The first kappa shape index (κ1) is 30.7. The highest BCUT2D eigenvalue weighted by Crippen LogP contribution is 2.43. The van der Waals surface area contributed by atoms with Gasteiger partial charge < -0.3 is 74.4 Å². The fraction of sp³-hybridized carbons (Fsp3) is 0.444. The molecule has 234 valence electrons. The zero-order valence-electron chi connectivity index (χ0n) is 22.3. The number of hydrogen-bond donors (Lipinski definition) is 10. The maximum Gasteiger partial charge on any atom is 0.239 e. The predicted molar refractivity (Wildman–Crippen MR) is 140 cm³/mol. The largest absolute Gasteiger partial charge is 0.508 e. The van der Waals surface area contributed by atoms with E-state index < -0.39 is 102 Å². The summed E-state index contributed by atoms with van der Waals surface area (Å²) in [6.45, 7) is 0.818. The van der Waals surface area contributed by atoms with Gasteiger partial charge in [-0.25, -0.2) is 0 Å². The predicted octanol–water partition coefficient (Wildman–Crippen LogP) is -1.69. The molecule has 5 rings (SSSR count). The number of rotatable bonds is 6. The molecule has 10 N–H and O–H groups in total. The fourth-order valence-corrected chi connectivity index (χ4v) is 4.81. The van der Waals surface area contributed by atoms with Gasteiger partial charge in [0.15, 0.2) is 23.5 Å². The summed E-state index contributed by atoms with van der Waals surface area (Å²) in [6, 6.07) is 6.06. The number of ether oxygens (including phenoxy) is 4. The molecule has 16 heteroatoms. The van der Waals surface area contributed by atoms with E-state index in [1.807, 2.05) is 0 Å². The minimum atomic E-state index is -1.97. The molecular formula is C27H30O16. The third kappa shape index (κ3) is 5.55. The van der Waals surface area contributed by atoms with Crippen molar-refractivity contribution < 1.29 is 74.4 Å². The zero-order valence-corrected chi connectivity index (χ0v) is 22.3. The Balaban J connectivity index is 1.48. The average Bonchev–Trinajstić information content (AvgIpc) is 2.98. The van der Waals surface area contributed by atoms with Crippen molar-refractivity contribution in [1.82, 2.24) is 0 Å². The molecule has 0 amide bonds. The van der Waals surface area contributed by atoms with Crippen LogP contribution in [0.5, 0.6) is 28.7 Å². The molecule has 0 aliphatic carbocycles. The normalized spacial score (nSPS) is 33.0. The lowest BCUT2D eigenvalue weighted by Crippen LogP contribution is -2.61. The van der Waals surface area contributed by atoms with E-state index in [1.165, 1.54) is 31.2 Å². The first-order valence-corrected chi connectivity index (χ1v) is 13.0. The third-order valence-corrected chi connectivity index (χ3v) is 7.33. The van der Waals surface area contributed by atoms with Gasteiger partial charge >= 0.3 is 0 Å². The van der Waals surface area contributed by atoms with Crippen LogP contribution in [0, 0.1) is 0 Å². The lowest BCUT2D eigenvalue weighted by molar-refractivity contribution is -0.318. The number of phenolic OH excluding ortho intramolecular Hbond substituents is 4. The Morgan fingerprint density at radius 1 is 0.767 bits per heavy atom. The minimum Gasteiger partial charge on any atom is -0.508 e. The second kappa shape index (κ2) is 11.8. The van der Waals surface area contributed by atoms with E-state index >= 15 is 0 Å². The minimum absolute atomic E-state index is 0.135. The molecule has 3 heterocycles. The standard InChI is InChI=1S/C27H30O16/c1-8-15(30)20(35)22(37)26(40-8)39-7-13-17(32)21(36)23(38)27(42-13)43-25-19(34)14-12(6-11(29)16(31)18(14)33)41-24(25)9-2-4-10(28)5-3-9/h2-6,8,13,15,17,20-23,26-33,35-38H,7H2,1H3/t8?,13?,15-,17+,20?,21-,22-,23?,26+,27-/m0/s1. The van der Waals surface area contributed by atoms with Crippen LogP contribution in [0.25, 0.3) is 22.3 Å². The van der Waals surface area contributed by atoms with E-state index in [0.717, 1.165) is 6.07 Å². The molecule has 16 nitrogen and oxygen atoms in total. The third-order valence-electron chi connectivity index (χ3n) is 7.33. The maximum atomic E-state index is 13.6. The number of phenols is 4. The first-order chi connectivity index (χ1) is 20.3. The van der Waals surface area contributed by atoms with Crippen molar-refractivity contribution in [2.75, 3.05) is 6.61 Å². The van der Waals surface area contributed by atoms with Crippen LogP contribution in [0.4, 0.5) is 0 Å². The Labute approximate surface area is 241 Å². The second-order valence-electron chi connectivity index (χ2n) is 10.2. The summed E-state index contributed by atoms with van der Waals surface area (Å²) in [7, 11) is 0. The van der Waals surface area contributed by atoms with Crippen LogP contribution in [0.2, 0.25) is 0 Å². The van der Waals surface area contributed by atoms with Gasteiger partial charge in [-0.15, -0.1) is 0 Å². The molecule has 0 saturated carbocycles. The van der Waals surface area contributed by atoms with E-state index in [1.54, 1.807) is 0 Å². The lowest BCUT2D eigenvalue weighted by atomic mass is 9.98. The number of aliphatic hydroxyl groups is 6. The first-order valence-electron chi connectivity index (χ1n) is 13.0. The number of aromatic hydroxyl groups is 4. The highest BCUT2D eigenvalue weighted by molar-refractivity contribution is 5.91. The quantitative estimate of drug-likeness (QED) is 0.140. The molecule has 2 aliphatic rings. The fourth-order valence-electron chi connectivity index (χ4n) is 4.81. The van der Waals surface area contributed by atoms with Crippen LogP contribution in [-0.4, -0.2) is 119 Å². The van der Waals surface area contributed by atoms with Crippen molar-refractivity contribution in [3.63, 3.8) is 0 Å². The van der Waals surface area contributed by atoms with Crippen LogP contribution in [0.3, 0.4) is 0 Å². The zero-order chi connectivity index (χ0) is 31.3. The molecule has 2 saturated heterocycles. The van der Waals surface area contributed by atoms with Crippen LogP contribution in [-0.2, 0) is 14.2 Å². The van der Waals surface area contributed by atoms with E-state index in [4.69, 9.17) is 23.4 Å². The van der Waals surface area contributed by atoms with E-state index in [0.29, 0.717) is 0 Å². The van der Waals surface area contributed by atoms with E-state index in [9.17, 15) is 55.9 Å². The molecule has 0 radical (unpaired) electrons. The van der Waals surface area contributed by atoms with Crippen LogP contribution in [0.15, 0.2) is 39.5 Å². The molecule has 2 fully saturated rings. The average molecular weight is 611 g/mol. The van der Waals surface area contributed by atoms with E-state index in [-0.39, 0.29) is 22.7 Å². The van der Waals surface area contributed by atoms with Gasteiger partial charge in [-0.3, -0.25) is 4.79 Å². The Hall–Kier alpha value is -3.71. The molecular weight excluding hydrogens is 580 g/mol. The lowest BCUT2D eigenvalue weighted by Gasteiger charge is -2.42. The van der Waals surface area contributed by atoms with Gasteiger partial charge in [0.1, 0.15) is 59.4 Å². The molecule has 10 atom stereocenters. The number of aliphatic hydroxyl groups excluding tert-OH is 6. The second-order valence-corrected chi connectivity index (χ2v) is 10.2. The van der Waals surface area contributed by atoms with Crippen molar-refractivity contribution in [2.45, 2.75) is 68.3 Å². The Morgan fingerprint density at radius 3 is 2.07 bits per heavy atom. The smallest absolute Gasteiger partial charge is 0.239 e. The number of hydrogen-bond acceptors (Lipinski definition) is 16. The van der Waals surface area contributed by atoms with Crippen molar-refractivity contribution >= 4 is 11.0 Å². The summed E-state index contributed by atoms with van der Waals surface area (Å²) in [6.07, 6.45) is -16.2. The van der Waals surface area contributed by atoms with Crippen LogP contribution in [0.1, 0.15) is 6.92 Å². The highest BCUT2D eigenvalue weighted by Gasteiger charge is 2.48. The van der Waals surface area contributed by atoms with E-state index in [2.05, 4.69) is 0 Å². The number of benzene rings is 2. The summed E-state index contributed by atoms with van der Waals surface area (Å²) in [4.78, 5) is 13.6. The van der Waals surface area contributed by atoms with Gasteiger partial charge in [0.05, 0.1) is 12.7 Å². The van der Waals surface area contributed by atoms with Crippen molar-refractivity contribution in [2.24, 2.45) is 0 Å². The monoisotopic (exact) mass is 610 g/mol. The molecule has 2 aromatic carbocycles. The van der Waals surface area contributed by atoms with Gasteiger partial charge in [0.2, 0.25) is 23.2 Å². The van der Waals surface area contributed by atoms with Gasteiger partial charge in [-0.05, 0) is 31.2 Å². The summed E-state index contributed by atoms with van der Waals surface area (Å²) in [5.74, 6) is -4.01. The summed E-state index contributed by atoms with van der Waals surface area (Å²) in [5, 5.41) is 101. The molecule has 0 bridgehead atoms. The molecule has 3 aromatic rings. The Bertz CT molecular complexity index is 1520. The summed E-state index contributed by atoms with van der Waals surface area (Å²) < 4.78 is 27.8.